The molecule has 0 aromatic heterocycles. The van der Waals surface area contributed by atoms with E-state index in [1.54, 1.807) is 0 Å². The molecule has 0 spiro atoms. The van der Waals surface area contributed by atoms with E-state index >= 15 is 0 Å². The summed E-state index contributed by atoms with van der Waals surface area (Å²) in [6, 6.07) is 0. The van der Waals surface area contributed by atoms with E-state index in [1.807, 2.05) is 0 Å². The van der Waals surface area contributed by atoms with Gasteiger partial charge in [-0.25, -0.2) is 8.42 Å². The zero-order valence-corrected chi connectivity index (χ0v) is 15.3. The van der Waals surface area contributed by atoms with E-state index in [4.69, 9.17) is 4.55 Å². The first-order valence-electron chi connectivity index (χ1n) is 5.71. The molecule has 23 heavy (non-hydrogen) atoms. The van der Waals surface area contributed by atoms with E-state index in [2.05, 4.69) is 0 Å². The summed E-state index contributed by atoms with van der Waals surface area (Å²) in [4.78, 5) is 0. The molecule has 0 unspecified atom stereocenters. The number of nitrogens with zero attached hydrogens (tertiary/aromatic N) is 1. The van der Waals surface area contributed by atoms with Crippen LogP contribution in [0.3, 0.4) is 0 Å². The number of sulfonamides is 1. The Labute approximate surface area is 151 Å². The van der Waals surface area contributed by atoms with Gasteiger partial charge in [-0.15, -0.1) is 0 Å². The number of hydrogen-bond donors (Lipinski definition) is 1. The zero-order chi connectivity index (χ0) is 17.6. The van der Waals surface area contributed by atoms with Gasteiger partial charge < -0.3 is 1.43 Å². The van der Waals surface area contributed by atoms with Crippen molar-refractivity contribution in [3.8, 4) is 0 Å². The minimum Gasteiger partial charge on any atom is -1.00 e. The van der Waals surface area contributed by atoms with E-state index in [1.165, 1.54) is 0 Å². The molecule has 0 bridgehead atoms. The average molecular weight is 403 g/mol. The molecule has 0 radical (unpaired) electrons. The van der Waals surface area contributed by atoms with Crippen LogP contribution in [0.15, 0.2) is 0 Å². The molecule has 15 heteroatoms. The van der Waals surface area contributed by atoms with Crippen molar-refractivity contribution in [1.29, 1.82) is 0 Å². The van der Waals surface area contributed by atoms with Gasteiger partial charge in [-0.2, -0.15) is 39.1 Å². The van der Waals surface area contributed by atoms with Crippen LogP contribution in [0.1, 0.15) is 20.7 Å². The van der Waals surface area contributed by atoms with Crippen LogP contribution in [0, 0.1) is 0 Å². The monoisotopic (exact) mass is 403 g/mol. The SMILES string of the molecule is O=S(=O)(O)C(F)(F)C(F)(F)C(F)(F)S(=O)(=O)N1CCCCC1.[H-].[Na+]. The molecule has 0 amide bonds. The predicted molar refractivity (Wildman–Crippen MR) is 61.8 cm³/mol. The fraction of sp³-hybridized carbons (Fsp3) is 1.00. The van der Waals surface area contributed by atoms with Crippen molar-refractivity contribution >= 4 is 20.1 Å². The Morgan fingerprint density at radius 1 is 0.826 bits per heavy atom. The second-order valence-electron chi connectivity index (χ2n) is 4.55. The summed E-state index contributed by atoms with van der Waals surface area (Å²) in [5.41, 5.74) is 0. The molecule has 0 aromatic rings. The third-order valence-corrected chi connectivity index (χ3v) is 5.89. The Morgan fingerprint density at radius 3 is 1.57 bits per heavy atom. The van der Waals surface area contributed by atoms with E-state index in [0.717, 1.165) is 0 Å². The van der Waals surface area contributed by atoms with Crippen molar-refractivity contribution in [2.75, 3.05) is 13.1 Å². The van der Waals surface area contributed by atoms with Gasteiger partial charge in [-0.05, 0) is 12.8 Å². The van der Waals surface area contributed by atoms with Gasteiger partial charge in [-0.3, -0.25) is 4.55 Å². The predicted octanol–water partition coefficient (Wildman–Crippen LogP) is -1.37. The zero-order valence-electron chi connectivity index (χ0n) is 12.6. The van der Waals surface area contributed by atoms with Crippen molar-refractivity contribution in [3.63, 3.8) is 0 Å². The van der Waals surface area contributed by atoms with E-state index in [-0.39, 0.29) is 48.1 Å². The number of hydrogen-bond acceptors (Lipinski definition) is 4. The van der Waals surface area contributed by atoms with E-state index < -0.39 is 49.7 Å². The maximum Gasteiger partial charge on any atom is 1.00 e. The molecular weight excluding hydrogens is 391 g/mol. The molecule has 6 nitrogen and oxygen atoms in total. The van der Waals surface area contributed by atoms with E-state index in [9.17, 15) is 43.2 Å². The molecule has 1 heterocycles. The number of rotatable bonds is 5. The number of alkyl halides is 6. The summed E-state index contributed by atoms with van der Waals surface area (Å²) >= 11 is 0. The minimum absolute atomic E-state index is 0. The molecule has 0 aromatic carbocycles. The topological polar surface area (TPSA) is 91.7 Å². The third-order valence-electron chi connectivity index (χ3n) is 3.03. The molecule has 1 N–H and O–H groups in total. The molecule has 1 aliphatic heterocycles. The van der Waals surface area contributed by atoms with Crippen molar-refractivity contribution in [2.24, 2.45) is 0 Å². The molecule has 1 aliphatic rings. The van der Waals surface area contributed by atoms with Crippen LogP contribution in [0.25, 0.3) is 0 Å². The number of piperidine rings is 1. The summed E-state index contributed by atoms with van der Waals surface area (Å²) in [6.07, 6.45) is 0.528. The summed E-state index contributed by atoms with van der Waals surface area (Å²) in [7, 11) is -13.2. The van der Waals surface area contributed by atoms with E-state index in [0.29, 0.717) is 6.42 Å². The van der Waals surface area contributed by atoms with Gasteiger partial charge in [0, 0.05) is 13.1 Å². The van der Waals surface area contributed by atoms with Crippen molar-refractivity contribution < 1.29 is 78.7 Å². The molecule has 1 saturated heterocycles. The van der Waals surface area contributed by atoms with Gasteiger partial charge in [0.15, 0.2) is 0 Å². The normalized spacial score (nSPS) is 19.3. The van der Waals surface area contributed by atoms with Gasteiger partial charge in [0.1, 0.15) is 0 Å². The Balaban J connectivity index is 0. The van der Waals surface area contributed by atoms with Gasteiger partial charge in [0.25, 0.3) is 10.0 Å². The average Bonchev–Trinajstić information content (AvgIpc) is 2.37. The third kappa shape index (κ3) is 3.67. The maximum absolute atomic E-state index is 13.6. The first-order valence-corrected chi connectivity index (χ1v) is 8.59. The summed E-state index contributed by atoms with van der Waals surface area (Å²) in [5.74, 6) is -6.87. The molecule has 0 saturated carbocycles. The van der Waals surface area contributed by atoms with Crippen LogP contribution >= 0.6 is 0 Å². The largest absolute Gasteiger partial charge is 1.00 e. The summed E-state index contributed by atoms with van der Waals surface area (Å²) in [5, 5.41) is -13.1. The van der Waals surface area contributed by atoms with Crippen LogP contribution in [0.4, 0.5) is 26.3 Å². The molecule has 1 rings (SSSR count). The molecule has 1 fully saturated rings. The molecule has 0 aliphatic carbocycles. The van der Waals surface area contributed by atoms with Gasteiger partial charge in [0.05, 0.1) is 0 Å². The Morgan fingerprint density at radius 2 is 1.22 bits per heavy atom. The van der Waals surface area contributed by atoms with Crippen LogP contribution in [-0.4, -0.2) is 55.2 Å². The molecule has 134 valence electrons. The van der Waals surface area contributed by atoms with Gasteiger partial charge >= 0.3 is 56.1 Å². The fourth-order valence-electron chi connectivity index (χ4n) is 1.76. The minimum atomic E-state index is -6.98. The second-order valence-corrected chi connectivity index (χ2v) is 7.99. The van der Waals surface area contributed by atoms with Gasteiger partial charge in [-0.1, -0.05) is 6.42 Å². The quantitative estimate of drug-likeness (QED) is 0.348. The first kappa shape index (κ1) is 23.4. The van der Waals surface area contributed by atoms with Crippen molar-refractivity contribution in [2.45, 2.75) is 35.7 Å². The standard InChI is InChI=1S/C8H11F6NO5S2.Na.H/c9-6(10,8(13,14)22(18,19)20)7(11,12)21(16,17)15-4-2-1-3-5-15;;/h1-5H2,(H,18,19,20);;/q;+1;-1. The number of halogens is 6. The first-order chi connectivity index (χ1) is 9.61. The molecule has 0 atom stereocenters. The Hall–Kier alpha value is 0.400. The van der Waals surface area contributed by atoms with Crippen LogP contribution in [0.2, 0.25) is 0 Å². The Kier molecular flexibility index (Phi) is 7.08. The summed E-state index contributed by atoms with van der Waals surface area (Å²) in [6.45, 7) is -1.18. The van der Waals surface area contributed by atoms with Crippen LogP contribution in [-0.2, 0) is 20.1 Å². The molecular formula is C8H12F6NNaO5S2. The maximum atomic E-state index is 13.6. The smallest absolute Gasteiger partial charge is 1.00 e. The van der Waals surface area contributed by atoms with Crippen molar-refractivity contribution in [3.05, 3.63) is 0 Å². The van der Waals surface area contributed by atoms with Crippen LogP contribution in [0.5, 0.6) is 0 Å². The Bertz CT molecular complexity index is 637. The van der Waals surface area contributed by atoms with Crippen molar-refractivity contribution in [1.82, 2.24) is 4.31 Å². The fourth-order valence-corrected chi connectivity index (χ4v) is 3.79. The van der Waals surface area contributed by atoms with Gasteiger partial charge in [0.2, 0.25) is 0 Å². The van der Waals surface area contributed by atoms with Crippen LogP contribution < -0.4 is 29.6 Å². The summed E-state index contributed by atoms with van der Waals surface area (Å²) < 4.78 is 131. The second kappa shape index (κ2) is 6.96.